The largest absolute Gasteiger partial charge is 0.493 e. The molecule has 0 saturated carbocycles. The summed E-state index contributed by atoms with van der Waals surface area (Å²) in [6.45, 7) is 6.28. The zero-order valence-corrected chi connectivity index (χ0v) is 25.2. The maximum atomic E-state index is 13.5. The maximum Gasteiger partial charge on any atom is 0.331 e. The van der Waals surface area contributed by atoms with Crippen molar-refractivity contribution in [3.63, 3.8) is 0 Å². The SMILES string of the molecule is C=CCc1cc(/C=C2\C(=O)NC(=O)N(Cc3ccc(OCCC)c(OC)c3)C2=O)cc(OC)c1OCc1ccc([N+](=O)[O-])cc1. The van der Waals surface area contributed by atoms with Crippen molar-refractivity contribution < 1.29 is 38.3 Å². The summed E-state index contributed by atoms with van der Waals surface area (Å²) in [7, 11) is 2.95. The van der Waals surface area contributed by atoms with Crippen LogP contribution in [0.1, 0.15) is 35.6 Å². The minimum Gasteiger partial charge on any atom is -0.493 e. The molecule has 4 rings (SSSR count). The summed E-state index contributed by atoms with van der Waals surface area (Å²) in [6, 6.07) is 13.6. The summed E-state index contributed by atoms with van der Waals surface area (Å²) in [6.07, 6.45) is 4.23. The molecule has 3 aromatic rings. The first-order valence-corrected chi connectivity index (χ1v) is 14.1. The van der Waals surface area contributed by atoms with E-state index in [-0.39, 0.29) is 24.4 Å². The summed E-state index contributed by atoms with van der Waals surface area (Å²) in [5.41, 5.74) is 2.14. The Morgan fingerprint density at radius 2 is 1.64 bits per heavy atom. The topological polar surface area (TPSA) is 147 Å². The van der Waals surface area contributed by atoms with Gasteiger partial charge in [0.1, 0.15) is 12.2 Å². The summed E-state index contributed by atoms with van der Waals surface area (Å²) in [5, 5.41) is 13.2. The summed E-state index contributed by atoms with van der Waals surface area (Å²) >= 11 is 0. The highest BCUT2D eigenvalue weighted by molar-refractivity contribution is 6.31. The molecular formula is C33H33N3O9. The maximum absolute atomic E-state index is 13.5. The van der Waals surface area contributed by atoms with Crippen LogP contribution in [0.2, 0.25) is 0 Å². The molecule has 234 valence electrons. The summed E-state index contributed by atoms with van der Waals surface area (Å²) in [5.74, 6) is 0.140. The van der Waals surface area contributed by atoms with E-state index in [0.29, 0.717) is 58.3 Å². The lowest BCUT2D eigenvalue weighted by molar-refractivity contribution is -0.384. The van der Waals surface area contributed by atoms with Gasteiger partial charge in [-0.3, -0.25) is 29.9 Å². The van der Waals surface area contributed by atoms with Crippen molar-refractivity contribution in [2.45, 2.75) is 32.9 Å². The predicted octanol–water partition coefficient (Wildman–Crippen LogP) is 5.37. The predicted molar refractivity (Wildman–Crippen MR) is 165 cm³/mol. The molecule has 0 aliphatic carbocycles. The number of nitro benzene ring substituents is 1. The molecule has 0 unspecified atom stereocenters. The zero-order valence-electron chi connectivity index (χ0n) is 25.2. The van der Waals surface area contributed by atoms with Gasteiger partial charge in [-0.25, -0.2) is 4.79 Å². The number of nitrogens with one attached hydrogen (secondary N) is 1. The lowest BCUT2D eigenvalue weighted by Crippen LogP contribution is -2.53. The molecule has 1 aliphatic heterocycles. The molecular weight excluding hydrogens is 582 g/mol. The van der Waals surface area contributed by atoms with Gasteiger partial charge < -0.3 is 18.9 Å². The molecule has 12 heteroatoms. The Labute approximate surface area is 260 Å². The molecule has 0 atom stereocenters. The van der Waals surface area contributed by atoms with Gasteiger partial charge in [0.05, 0.1) is 32.3 Å². The van der Waals surface area contributed by atoms with Gasteiger partial charge in [-0.1, -0.05) is 19.1 Å². The molecule has 1 N–H and O–H groups in total. The Hall–Kier alpha value is -5.65. The highest BCUT2D eigenvalue weighted by Crippen LogP contribution is 2.35. The Balaban J connectivity index is 1.60. The van der Waals surface area contributed by atoms with Crippen molar-refractivity contribution in [2.75, 3.05) is 20.8 Å². The number of imide groups is 2. The quantitative estimate of drug-likeness (QED) is 0.0831. The fraction of sp³-hybridized carbons (Fsp3) is 0.242. The number of nitrogens with zero attached hydrogens (tertiary/aromatic N) is 2. The second-order valence-electron chi connectivity index (χ2n) is 9.96. The molecule has 0 bridgehead atoms. The molecule has 45 heavy (non-hydrogen) atoms. The molecule has 1 saturated heterocycles. The van der Waals surface area contributed by atoms with Gasteiger partial charge in [-0.05, 0) is 72.0 Å². The van der Waals surface area contributed by atoms with Crippen LogP contribution >= 0.6 is 0 Å². The van der Waals surface area contributed by atoms with Crippen LogP contribution in [0.25, 0.3) is 6.08 Å². The molecule has 0 radical (unpaired) electrons. The summed E-state index contributed by atoms with van der Waals surface area (Å²) in [4.78, 5) is 50.4. The number of barbiturate groups is 1. The number of hydrogen-bond acceptors (Lipinski definition) is 9. The van der Waals surface area contributed by atoms with Gasteiger partial charge >= 0.3 is 6.03 Å². The van der Waals surface area contributed by atoms with Gasteiger partial charge in [0.15, 0.2) is 23.0 Å². The van der Waals surface area contributed by atoms with Crippen LogP contribution in [-0.2, 0) is 29.2 Å². The van der Waals surface area contributed by atoms with E-state index in [4.69, 9.17) is 18.9 Å². The smallest absolute Gasteiger partial charge is 0.331 e. The molecule has 0 spiro atoms. The standard InChI is InChI=1S/C33H33N3O9/c1-5-7-24-15-23(18-29(43-4)30(24)45-20-21-8-11-25(12-9-21)36(40)41)16-26-31(37)34-33(39)35(32(26)38)19-22-10-13-27(44-14-6-2)28(17-22)42-3/h5,8-13,15-18H,1,6-7,14,19-20H2,2-4H3,(H,34,37,39)/b26-16+. The average molecular weight is 616 g/mol. The monoisotopic (exact) mass is 615 g/mol. The van der Waals surface area contributed by atoms with E-state index in [1.807, 2.05) is 6.92 Å². The molecule has 1 heterocycles. The number of non-ortho nitro benzene ring substituents is 1. The van der Waals surface area contributed by atoms with Crippen molar-refractivity contribution >= 4 is 29.6 Å². The van der Waals surface area contributed by atoms with E-state index in [1.54, 1.807) is 48.5 Å². The van der Waals surface area contributed by atoms with Crippen molar-refractivity contribution in [3.05, 3.63) is 105 Å². The lowest BCUT2D eigenvalue weighted by atomic mass is 10.0. The molecule has 1 aliphatic rings. The average Bonchev–Trinajstić information content (AvgIpc) is 3.03. The van der Waals surface area contributed by atoms with E-state index in [2.05, 4.69) is 11.9 Å². The number of hydrogen-bond donors (Lipinski definition) is 1. The first-order chi connectivity index (χ1) is 21.7. The number of methoxy groups -OCH3 is 2. The van der Waals surface area contributed by atoms with Gasteiger partial charge in [0.2, 0.25) is 0 Å². The second kappa shape index (κ2) is 14.7. The zero-order chi connectivity index (χ0) is 32.5. The summed E-state index contributed by atoms with van der Waals surface area (Å²) < 4.78 is 22.7. The van der Waals surface area contributed by atoms with Gasteiger partial charge in [0.25, 0.3) is 17.5 Å². The van der Waals surface area contributed by atoms with Crippen LogP contribution in [0, 0.1) is 10.1 Å². The third-order valence-electron chi connectivity index (χ3n) is 6.80. The van der Waals surface area contributed by atoms with Crippen molar-refractivity contribution in [1.82, 2.24) is 10.2 Å². The van der Waals surface area contributed by atoms with E-state index in [9.17, 15) is 24.5 Å². The number of benzene rings is 3. The van der Waals surface area contributed by atoms with Gasteiger partial charge in [-0.15, -0.1) is 6.58 Å². The van der Waals surface area contributed by atoms with E-state index in [0.717, 1.165) is 11.3 Å². The van der Waals surface area contributed by atoms with Crippen LogP contribution in [0.3, 0.4) is 0 Å². The van der Waals surface area contributed by atoms with E-state index in [1.165, 1.54) is 32.4 Å². The fourth-order valence-corrected chi connectivity index (χ4v) is 4.59. The highest BCUT2D eigenvalue weighted by atomic mass is 16.6. The number of nitro groups is 1. The van der Waals surface area contributed by atoms with E-state index >= 15 is 0 Å². The Bertz CT molecular complexity index is 1650. The van der Waals surface area contributed by atoms with Crippen molar-refractivity contribution in [1.29, 1.82) is 0 Å². The van der Waals surface area contributed by atoms with Gasteiger partial charge in [-0.2, -0.15) is 0 Å². The Morgan fingerprint density at radius 3 is 2.29 bits per heavy atom. The van der Waals surface area contributed by atoms with Gasteiger partial charge in [0, 0.05) is 17.7 Å². The van der Waals surface area contributed by atoms with E-state index < -0.39 is 22.8 Å². The number of amides is 4. The molecule has 0 aromatic heterocycles. The van der Waals surface area contributed by atoms with Crippen LogP contribution in [0.5, 0.6) is 23.0 Å². The first kappa shape index (κ1) is 32.3. The van der Waals surface area contributed by atoms with Crippen LogP contribution in [-0.4, -0.2) is 48.5 Å². The molecule has 1 fully saturated rings. The third kappa shape index (κ3) is 7.66. The third-order valence-corrected chi connectivity index (χ3v) is 6.80. The normalized spacial score (nSPS) is 13.8. The second-order valence-corrected chi connectivity index (χ2v) is 9.96. The number of ether oxygens (including phenoxy) is 4. The van der Waals surface area contributed by atoms with Crippen LogP contribution < -0.4 is 24.3 Å². The minimum atomic E-state index is -0.840. The highest BCUT2D eigenvalue weighted by Gasteiger charge is 2.36. The first-order valence-electron chi connectivity index (χ1n) is 14.1. The van der Waals surface area contributed by atoms with Crippen LogP contribution in [0.4, 0.5) is 10.5 Å². The molecule has 3 aromatic carbocycles. The van der Waals surface area contributed by atoms with Crippen LogP contribution in [0.15, 0.2) is 72.8 Å². The number of carbonyl (C=O) groups excluding carboxylic acids is 3. The Kier molecular flexibility index (Phi) is 10.5. The number of allylic oxidation sites excluding steroid dienone is 1. The fourth-order valence-electron chi connectivity index (χ4n) is 4.59. The number of carbonyl (C=O) groups is 3. The molecule has 4 amide bonds. The Morgan fingerprint density at radius 1 is 0.933 bits per heavy atom. The van der Waals surface area contributed by atoms with Crippen molar-refractivity contribution in [2.24, 2.45) is 0 Å². The lowest BCUT2D eigenvalue weighted by Gasteiger charge is -2.26. The molecule has 12 nitrogen and oxygen atoms in total. The number of rotatable bonds is 14. The van der Waals surface area contributed by atoms with Crippen molar-refractivity contribution in [3.8, 4) is 23.0 Å². The number of urea groups is 1. The minimum absolute atomic E-state index is 0.0303.